The van der Waals surface area contributed by atoms with Crippen LogP contribution in [-0.2, 0) is 0 Å². The highest BCUT2D eigenvalue weighted by Crippen LogP contribution is 2.34. The van der Waals surface area contributed by atoms with Gasteiger partial charge in [0.25, 0.3) is 0 Å². The van der Waals surface area contributed by atoms with Crippen molar-refractivity contribution in [2.45, 2.75) is 88.4 Å². The molecule has 0 unspecified atom stereocenters. The predicted molar refractivity (Wildman–Crippen MR) is 172 cm³/mol. The summed E-state index contributed by atoms with van der Waals surface area (Å²) in [6.07, 6.45) is 12.8. The molecule has 3 heterocycles. The van der Waals surface area contributed by atoms with Gasteiger partial charge in [-0.05, 0) is 63.5 Å². The van der Waals surface area contributed by atoms with E-state index in [9.17, 15) is 4.79 Å². The number of ether oxygens (including phenoxy) is 1. The number of imidazole rings is 1. The molecule has 0 spiro atoms. The second-order valence-electron chi connectivity index (χ2n) is 11.8. The molecule has 12 heteroatoms. The molecular formula is C30H44Cl2N8O2. The molecule has 3 fully saturated rings. The van der Waals surface area contributed by atoms with Crippen LogP contribution in [0.15, 0.2) is 30.6 Å². The summed E-state index contributed by atoms with van der Waals surface area (Å²) in [5, 5.41) is 7.34. The first-order valence-corrected chi connectivity index (χ1v) is 15.0. The summed E-state index contributed by atoms with van der Waals surface area (Å²) in [5.41, 5.74) is 8.60. The van der Waals surface area contributed by atoms with Crippen molar-refractivity contribution in [2.24, 2.45) is 5.73 Å². The second kappa shape index (κ2) is 14.7. The average molecular weight is 620 g/mol. The van der Waals surface area contributed by atoms with E-state index in [4.69, 9.17) is 25.4 Å². The number of methoxy groups -OCH3 is 1. The molecule has 4 N–H and O–H groups in total. The quantitative estimate of drug-likeness (QED) is 0.276. The molecule has 10 nitrogen and oxygen atoms in total. The van der Waals surface area contributed by atoms with Crippen molar-refractivity contribution in [1.82, 2.24) is 24.4 Å². The number of aromatic nitrogens is 4. The van der Waals surface area contributed by atoms with E-state index in [2.05, 4.69) is 20.1 Å². The fraction of sp³-hybridized carbons (Fsp3) is 0.600. The van der Waals surface area contributed by atoms with Gasteiger partial charge in [0, 0.05) is 42.8 Å². The average Bonchev–Trinajstić information content (AvgIpc) is 3.66. The van der Waals surface area contributed by atoms with Gasteiger partial charge in [-0.3, -0.25) is 9.69 Å². The number of nitrogens with zero attached hydrogens (tertiary/aromatic N) is 5. The largest absolute Gasteiger partial charge is 0.497 e. The van der Waals surface area contributed by atoms with Gasteiger partial charge < -0.3 is 25.7 Å². The number of piperidine rings is 1. The van der Waals surface area contributed by atoms with Crippen LogP contribution in [0.2, 0.25) is 0 Å². The molecule has 2 aromatic heterocycles. The van der Waals surface area contributed by atoms with Crippen LogP contribution in [0, 0.1) is 0 Å². The maximum atomic E-state index is 12.9. The van der Waals surface area contributed by atoms with Gasteiger partial charge in [0.2, 0.25) is 5.95 Å². The van der Waals surface area contributed by atoms with Crippen molar-refractivity contribution in [2.75, 3.05) is 37.4 Å². The third-order valence-corrected chi connectivity index (χ3v) is 8.93. The number of carbonyl (C=O) groups is 1. The number of fused-ring (bicyclic) bond motifs is 1. The summed E-state index contributed by atoms with van der Waals surface area (Å²) in [7, 11) is 1.62. The molecule has 3 aromatic rings. The molecule has 3 aliphatic rings. The second-order valence-corrected chi connectivity index (χ2v) is 11.8. The summed E-state index contributed by atoms with van der Waals surface area (Å²) in [4.78, 5) is 29.8. The number of benzene rings is 1. The number of anilines is 2. The number of likely N-dealkylation sites (tertiary alicyclic amines) is 1. The van der Waals surface area contributed by atoms with Gasteiger partial charge >= 0.3 is 0 Å². The number of nitrogens with two attached hydrogens (primary N) is 1. The molecular weight excluding hydrogens is 575 g/mol. The minimum Gasteiger partial charge on any atom is -0.497 e. The summed E-state index contributed by atoms with van der Waals surface area (Å²) >= 11 is 0. The van der Waals surface area contributed by atoms with E-state index in [-0.39, 0.29) is 36.6 Å². The fourth-order valence-corrected chi connectivity index (χ4v) is 6.50. The van der Waals surface area contributed by atoms with Crippen molar-refractivity contribution in [1.29, 1.82) is 0 Å². The molecule has 0 atom stereocenters. The summed E-state index contributed by atoms with van der Waals surface area (Å²) in [6.45, 7) is 2.12. The van der Waals surface area contributed by atoms with Gasteiger partial charge in [-0.2, -0.15) is 9.97 Å². The Kier molecular flexibility index (Phi) is 11.3. The van der Waals surface area contributed by atoms with E-state index in [0.29, 0.717) is 41.9 Å². The highest BCUT2D eigenvalue weighted by atomic mass is 35.5. The predicted octanol–water partition coefficient (Wildman–Crippen LogP) is 5.23. The molecule has 2 aliphatic carbocycles. The van der Waals surface area contributed by atoms with Crippen molar-refractivity contribution in [3.05, 3.63) is 36.2 Å². The zero-order valence-corrected chi connectivity index (χ0v) is 26.0. The lowest BCUT2D eigenvalue weighted by molar-refractivity contribution is 0.0912. The molecule has 1 aromatic carbocycles. The maximum absolute atomic E-state index is 12.9. The van der Waals surface area contributed by atoms with Crippen LogP contribution in [0.1, 0.15) is 80.6 Å². The Morgan fingerprint density at radius 1 is 0.976 bits per heavy atom. The number of hydrogen-bond acceptors (Lipinski definition) is 9. The van der Waals surface area contributed by atoms with Crippen molar-refractivity contribution < 1.29 is 9.53 Å². The van der Waals surface area contributed by atoms with Crippen molar-refractivity contribution in [3.8, 4) is 5.75 Å². The molecule has 230 valence electrons. The van der Waals surface area contributed by atoms with Crippen LogP contribution in [0.5, 0.6) is 5.75 Å². The Labute approximate surface area is 260 Å². The van der Waals surface area contributed by atoms with E-state index in [0.717, 1.165) is 68.6 Å². The van der Waals surface area contributed by atoms with Crippen LogP contribution in [0.3, 0.4) is 0 Å². The van der Waals surface area contributed by atoms with Crippen molar-refractivity contribution >= 4 is 53.5 Å². The van der Waals surface area contributed by atoms with Crippen LogP contribution < -0.4 is 21.1 Å². The Balaban J connectivity index is 0.00000202. The van der Waals surface area contributed by atoms with Crippen LogP contribution in [0.4, 0.5) is 11.8 Å². The first-order chi connectivity index (χ1) is 19.6. The molecule has 0 amide bonds. The minimum atomic E-state index is 0. The highest BCUT2D eigenvalue weighted by Gasteiger charge is 2.26. The fourth-order valence-electron chi connectivity index (χ4n) is 6.50. The SMILES string of the molecule is COc1cccc(C(=O)CN2CCC(Nc3nc(NC4CCC(N)CC4)nc4c3ncn4C3CCCC3)CC2)c1.Cl.Cl. The van der Waals surface area contributed by atoms with Gasteiger partial charge in [-0.1, -0.05) is 25.0 Å². The number of carbonyl (C=O) groups excluding carboxylic acids is 1. The van der Waals surface area contributed by atoms with E-state index < -0.39 is 0 Å². The zero-order chi connectivity index (χ0) is 27.5. The van der Waals surface area contributed by atoms with Gasteiger partial charge in [0.1, 0.15) is 5.75 Å². The van der Waals surface area contributed by atoms with E-state index >= 15 is 0 Å². The molecule has 42 heavy (non-hydrogen) atoms. The molecule has 0 bridgehead atoms. The number of hydrogen-bond donors (Lipinski definition) is 3. The topological polar surface area (TPSA) is 123 Å². The lowest BCUT2D eigenvalue weighted by Gasteiger charge is -2.32. The summed E-state index contributed by atoms with van der Waals surface area (Å²) in [5.74, 6) is 2.32. The lowest BCUT2D eigenvalue weighted by atomic mass is 9.92. The maximum Gasteiger partial charge on any atom is 0.227 e. The first-order valence-electron chi connectivity index (χ1n) is 15.0. The van der Waals surface area contributed by atoms with E-state index in [1.165, 1.54) is 25.7 Å². The van der Waals surface area contributed by atoms with Crippen LogP contribution in [-0.4, -0.2) is 75.1 Å². The van der Waals surface area contributed by atoms with Crippen LogP contribution in [0.25, 0.3) is 11.2 Å². The number of ketones is 1. The number of rotatable bonds is 9. The first kappa shape index (κ1) is 32.3. The molecule has 2 saturated carbocycles. The Hall–Kier alpha value is -2.66. The van der Waals surface area contributed by atoms with Gasteiger partial charge in [-0.25, -0.2) is 4.98 Å². The standard InChI is InChI=1S/C30H42N8O2.2ClH/c1-40-25-8-4-5-20(17-25)26(39)18-37-15-13-23(14-16-37)33-28-27-29(38(19-32-27)24-6-2-3-7-24)36-30(35-28)34-22-11-9-21(31)10-12-22;;/h4-5,8,17,19,21-24H,2-3,6-7,9-16,18,31H2,1H3,(H2,33,34,35,36);2*1H. The van der Waals surface area contributed by atoms with E-state index in [1.807, 2.05) is 30.6 Å². The zero-order valence-electron chi connectivity index (χ0n) is 24.3. The minimum absolute atomic E-state index is 0. The highest BCUT2D eigenvalue weighted by molar-refractivity contribution is 5.98. The van der Waals surface area contributed by atoms with E-state index in [1.54, 1.807) is 7.11 Å². The third kappa shape index (κ3) is 7.45. The molecule has 0 radical (unpaired) electrons. The Bertz CT molecular complexity index is 1320. The molecule has 1 aliphatic heterocycles. The Morgan fingerprint density at radius 2 is 1.69 bits per heavy atom. The normalized spacial score (nSPS) is 21.9. The molecule has 1 saturated heterocycles. The molecule has 6 rings (SSSR count). The van der Waals surface area contributed by atoms with Crippen molar-refractivity contribution in [3.63, 3.8) is 0 Å². The lowest BCUT2D eigenvalue weighted by Crippen LogP contribution is -2.41. The third-order valence-electron chi connectivity index (χ3n) is 8.93. The smallest absolute Gasteiger partial charge is 0.227 e. The number of nitrogens with one attached hydrogen (secondary N) is 2. The monoisotopic (exact) mass is 618 g/mol. The van der Waals surface area contributed by atoms with Gasteiger partial charge in [0.15, 0.2) is 22.8 Å². The van der Waals surface area contributed by atoms with Crippen LogP contribution >= 0.6 is 24.8 Å². The van der Waals surface area contributed by atoms with Gasteiger partial charge in [0.05, 0.1) is 20.0 Å². The number of Topliss-reactive ketones (excluding diaryl/α,β-unsaturated/α-hetero) is 1. The van der Waals surface area contributed by atoms with Gasteiger partial charge in [-0.15, -0.1) is 24.8 Å². The number of halogens is 2. The summed E-state index contributed by atoms with van der Waals surface area (Å²) in [6, 6.07) is 8.77. The summed E-state index contributed by atoms with van der Waals surface area (Å²) < 4.78 is 7.55. The Morgan fingerprint density at radius 3 is 2.40 bits per heavy atom.